The van der Waals surface area contributed by atoms with Crippen LogP contribution in [-0.2, 0) is 0 Å². The number of nitrogens with zero attached hydrogens (tertiary/aromatic N) is 3. The van der Waals surface area contributed by atoms with Crippen LogP contribution < -0.4 is 11.1 Å². The summed E-state index contributed by atoms with van der Waals surface area (Å²) in [7, 11) is 0. The fraction of sp³-hybridized carbons (Fsp3) is 0.464. The quantitative estimate of drug-likeness (QED) is 0.299. The van der Waals surface area contributed by atoms with E-state index in [9.17, 15) is 0 Å². The van der Waals surface area contributed by atoms with Crippen molar-refractivity contribution in [3.8, 4) is 0 Å². The molecule has 0 radical (unpaired) electrons. The van der Waals surface area contributed by atoms with Crippen LogP contribution in [0, 0.1) is 29.6 Å². The second-order valence-corrected chi connectivity index (χ2v) is 10.5. The molecule has 35 heavy (non-hydrogen) atoms. The van der Waals surface area contributed by atoms with Crippen LogP contribution in [0.4, 0.5) is 0 Å². The molecule has 7 nitrogen and oxygen atoms in total. The lowest BCUT2D eigenvalue weighted by atomic mass is 9.67. The number of aryl methyl sites for hydroxylation is 1. The number of amidine groups is 2. The SMILES string of the molecule is C=CC(=N/C=C\C)N=C(N)c1cnc(C(=N)/C=C\C(=N)CC2CC(C)(C)NC(C)(C)[C@H]2C)c(C)c1. The number of pyridine rings is 1. The minimum Gasteiger partial charge on any atom is -0.383 e. The number of aliphatic imine (C=N–C) groups is 2. The zero-order valence-electron chi connectivity index (χ0n) is 22.2. The highest BCUT2D eigenvalue weighted by molar-refractivity contribution is 6.11. The van der Waals surface area contributed by atoms with Crippen LogP contribution in [0.15, 0.2) is 59.3 Å². The normalized spacial score (nSPS) is 22.5. The number of aromatic nitrogens is 1. The van der Waals surface area contributed by atoms with Gasteiger partial charge in [-0.2, -0.15) is 0 Å². The monoisotopic (exact) mass is 475 g/mol. The van der Waals surface area contributed by atoms with E-state index in [0.29, 0.717) is 41.1 Å². The van der Waals surface area contributed by atoms with Gasteiger partial charge >= 0.3 is 0 Å². The summed E-state index contributed by atoms with van der Waals surface area (Å²) in [5.41, 5.74) is 8.98. The average Bonchev–Trinajstić information content (AvgIpc) is 2.77. The van der Waals surface area contributed by atoms with Crippen LogP contribution in [0.1, 0.15) is 71.2 Å². The molecule has 1 aliphatic heterocycles. The Morgan fingerprint density at radius 2 is 1.97 bits per heavy atom. The van der Waals surface area contributed by atoms with Crippen LogP contribution in [0.5, 0.6) is 0 Å². The van der Waals surface area contributed by atoms with Crippen LogP contribution in [-0.4, -0.2) is 39.2 Å². The molecule has 0 saturated carbocycles. The molecule has 2 atom stereocenters. The van der Waals surface area contributed by atoms with Gasteiger partial charge in [0.25, 0.3) is 0 Å². The van der Waals surface area contributed by atoms with E-state index < -0.39 is 0 Å². The lowest BCUT2D eigenvalue weighted by Gasteiger charge is -2.51. The summed E-state index contributed by atoms with van der Waals surface area (Å²) in [6, 6.07) is 1.85. The fourth-order valence-electron chi connectivity index (χ4n) is 4.78. The molecular weight excluding hydrogens is 434 g/mol. The first kappa shape index (κ1) is 28.1. The highest BCUT2D eigenvalue weighted by Crippen LogP contribution is 2.39. The van der Waals surface area contributed by atoms with Gasteiger partial charge in [0.1, 0.15) is 5.84 Å². The summed E-state index contributed by atoms with van der Waals surface area (Å²) in [6.07, 6.45) is 11.7. The van der Waals surface area contributed by atoms with Gasteiger partial charge in [0.2, 0.25) is 0 Å². The summed E-state index contributed by atoms with van der Waals surface area (Å²) in [4.78, 5) is 12.9. The first-order chi connectivity index (χ1) is 16.3. The first-order valence-corrected chi connectivity index (χ1v) is 12.1. The molecule has 0 aliphatic carbocycles. The van der Waals surface area contributed by atoms with E-state index in [1.54, 1.807) is 30.6 Å². The largest absolute Gasteiger partial charge is 0.383 e. The molecule has 1 saturated heterocycles. The Labute approximate surface area is 210 Å². The molecule has 2 rings (SSSR count). The maximum atomic E-state index is 8.52. The topological polar surface area (TPSA) is 123 Å². The lowest BCUT2D eigenvalue weighted by molar-refractivity contribution is 0.0677. The number of nitrogens with two attached hydrogens (primary N) is 1. The van der Waals surface area contributed by atoms with E-state index in [1.165, 1.54) is 6.08 Å². The summed E-state index contributed by atoms with van der Waals surface area (Å²) in [5, 5.41) is 20.7. The van der Waals surface area contributed by atoms with Gasteiger partial charge in [-0.25, -0.2) is 9.98 Å². The molecule has 1 aromatic rings. The Balaban J connectivity index is 2.12. The Bertz CT molecular complexity index is 1090. The van der Waals surface area contributed by atoms with Crippen LogP contribution in [0.3, 0.4) is 0 Å². The molecule has 1 aromatic heterocycles. The van der Waals surface area contributed by atoms with Gasteiger partial charge in [0, 0.05) is 34.7 Å². The highest BCUT2D eigenvalue weighted by Gasteiger charge is 2.43. The minimum absolute atomic E-state index is 0.0159. The summed E-state index contributed by atoms with van der Waals surface area (Å²) in [6.45, 7) is 18.7. The van der Waals surface area contributed by atoms with Crippen LogP contribution in [0.25, 0.3) is 0 Å². The van der Waals surface area contributed by atoms with Crippen molar-refractivity contribution in [3.05, 3.63) is 66.2 Å². The molecule has 0 bridgehead atoms. The van der Waals surface area contributed by atoms with E-state index in [2.05, 4.69) is 61.5 Å². The molecule has 1 fully saturated rings. The van der Waals surface area contributed by atoms with Crippen LogP contribution in [0.2, 0.25) is 0 Å². The van der Waals surface area contributed by atoms with Crippen molar-refractivity contribution in [2.45, 2.75) is 72.4 Å². The van der Waals surface area contributed by atoms with Crippen molar-refractivity contribution >= 4 is 23.1 Å². The third-order valence-electron chi connectivity index (χ3n) is 6.61. The smallest absolute Gasteiger partial charge is 0.153 e. The molecule has 188 valence electrons. The van der Waals surface area contributed by atoms with Gasteiger partial charge in [-0.3, -0.25) is 10.4 Å². The molecule has 2 heterocycles. The Hall–Kier alpha value is -3.19. The molecule has 0 amide bonds. The van der Waals surface area contributed by atoms with Gasteiger partial charge in [-0.05, 0) is 96.1 Å². The van der Waals surface area contributed by atoms with Crippen molar-refractivity contribution < 1.29 is 0 Å². The lowest BCUT2D eigenvalue weighted by Crippen LogP contribution is -2.62. The summed E-state index contributed by atoms with van der Waals surface area (Å²) in [5.74, 6) is 1.54. The van der Waals surface area contributed by atoms with Crippen molar-refractivity contribution in [1.29, 1.82) is 10.8 Å². The third-order valence-corrected chi connectivity index (χ3v) is 6.61. The molecule has 1 unspecified atom stereocenters. The summed E-state index contributed by atoms with van der Waals surface area (Å²) < 4.78 is 0. The maximum absolute atomic E-state index is 8.52. The highest BCUT2D eigenvalue weighted by atomic mass is 15.1. The number of nitrogens with one attached hydrogen (secondary N) is 3. The zero-order valence-corrected chi connectivity index (χ0v) is 22.2. The maximum Gasteiger partial charge on any atom is 0.153 e. The Morgan fingerprint density at radius 3 is 2.57 bits per heavy atom. The molecule has 0 aromatic carbocycles. The molecular formula is C28H41N7. The van der Waals surface area contributed by atoms with Gasteiger partial charge in [-0.1, -0.05) is 19.6 Å². The number of allylic oxidation sites excluding steroid dienone is 3. The third kappa shape index (κ3) is 7.65. The molecule has 0 spiro atoms. The van der Waals surface area contributed by atoms with Crippen molar-refractivity contribution in [1.82, 2.24) is 10.3 Å². The van der Waals surface area contributed by atoms with Crippen LogP contribution >= 0.6 is 0 Å². The summed E-state index contributed by atoms with van der Waals surface area (Å²) >= 11 is 0. The second-order valence-electron chi connectivity index (χ2n) is 10.5. The van der Waals surface area contributed by atoms with E-state index in [-0.39, 0.29) is 22.6 Å². The van der Waals surface area contributed by atoms with Gasteiger partial charge in [0.05, 0.1) is 11.4 Å². The zero-order chi connectivity index (χ0) is 26.4. The molecule has 1 aliphatic rings. The van der Waals surface area contributed by atoms with Crippen molar-refractivity contribution in [2.24, 2.45) is 27.6 Å². The second kappa shape index (κ2) is 11.5. The standard InChI is InChI=1S/C28H41N7/c1-9-13-32-24(10-2)34-26(31)21-14-18(3)25(33-17-21)23(30)12-11-22(29)15-20-16-27(5,6)35-28(7,8)19(20)4/h9-14,17,19-20,29-30,35H,2,15-16H2,1,3-8H3,(H2,31,32,34)/b12-11-,13-9-,29-22?,30-23?/t19-,20?/m0/s1. The molecule has 5 N–H and O–H groups in total. The fourth-order valence-corrected chi connectivity index (χ4v) is 4.78. The Morgan fingerprint density at radius 1 is 1.29 bits per heavy atom. The Kier molecular flexibility index (Phi) is 9.21. The number of hydrogen-bond donors (Lipinski definition) is 4. The first-order valence-electron chi connectivity index (χ1n) is 12.1. The van der Waals surface area contributed by atoms with E-state index in [1.807, 2.05) is 19.9 Å². The number of piperidine rings is 1. The van der Waals surface area contributed by atoms with Gasteiger partial charge in [-0.15, -0.1) is 0 Å². The van der Waals surface area contributed by atoms with Gasteiger partial charge < -0.3 is 16.5 Å². The average molecular weight is 476 g/mol. The molecule has 7 heteroatoms. The predicted octanol–water partition coefficient (Wildman–Crippen LogP) is 5.35. The van der Waals surface area contributed by atoms with Crippen molar-refractivity contribution in [3.63, 3.8) is 0 Å². The van der Waals surface area contributed by atoms with Crippen molar-refractivity contribution in [2.75, 3.05) is 0 Å². The minimum atomic E-state index is 0.0159. The van der Waals surface area contributed by atoms with E-state index in [0.717, 1.165) is 12.0 Å². The van der Waals surface area contributed by atoms with E-state index in [4.69, 9.17) is 16.6 Å². The number of hydrogen-bond acceptors (Lipinski definition) is 5. The predicted molar refractivity (Wildman–Crippen MR) is 149 cm³/mol. The number of rotatable bonds is 8. The van der Waals surface area contributed by atoms with Gasteiger partial charge in [0.15, 0.2) is 5.84 Å². The van der Waals surface area contributed by atoms with E-state index >= 15 is 0 Å².